The van der Waals surface area contributed by atoms with E-state index < -0.39 is 25.7 Å². The number of azo groups is 1. The van der Waals surface area contributed by atoms with E-state index in [4.69, 9.17) is 0 Å². The van der Waals surface area contributed by atoms with Crippen LogP contribution in [0.25, 0.3) is 10.8 Å². The molecule has 144 valence electrons. The maximum Gasteiger partial charge on any atom is 0.295 e. The van der Waals surface area contributed by atoms with Gasteiger partial charge in [-0.2, -0.15) is 8.42 Å². The van der Waals surface area contributed by atoms with Crippen molar-refractivity contribution in [2.45, 2.75) is 18.2 Å². The minimum absolute atomic E-state index is 0.0171. The fourth-order valence-electron chi connectivity index (χ4n) is 2.92. The second kappa shape index (κ2) is 7.33. The zero-order valence-corrected chi connectivity index (χ0v) is 15.4. The van der Waals surface area contributed by atoms with Crippen molar-refractivity contribution >= 4 is 38.0 Å². The van der Waals surface area contributed by atoms with Gasteiger partial charge in [0.2, 0.25) is 0 Å². The van der Waals surface area contributed by atoms with Crippen LogP contribution in [0.3, 0.4) is 0 Å². The van der Waals surface area contributed by atoms with Gasteiger partial charge in [-0.25, -0.2) is 0 Å². The lowest BCUT2D eigenvalue weighted by molar-refractivity contribution is -0.385. The van der Waals surface area contributed by atoms with Gasteiger partial charge in [0.05, 0.1) is 16.2 Å². The van der Waals surface area contributed by atoms with Crippen LogP contribution in [-0.4, -0.2) is 23.0 Å². The van der Waals surface area contributed by atoms with E-state index in [0.717, 1.165) is 6.07 Å². The first-order valence-electron chi connectivity index (χ1n) is 8.14. The van der Waals surface area contributed by atoms with E-state index >= 15 is 0 Å². The van der Waals surface area contributed by atoms with E-state index in [0.29, 0.717) is 12.0 Å². The van der Waals surface area contributed by atoms with Crippen LogP contribution in [0.15, 0.2) is 63.7 Å². The summed E-state index contributed by atoms with van der Waals surface area (Å²) in [4.78, 5) is 10.2. The third-order valence-electron chi connectivity index (χ3n) is 4.17. The molecule has 0 aliphatic heterocycles. The van der Waals surface area contributed by atoms with Gasteiger partial charge in [0.15, 0.2) is 0 Å². The Morgan fingerprint density at radius 1 is 1.07 bits per heavy atom. The highest BCUT2D eigenvalue weighted by atomic mass is 32.2. The predicted molar refractivity (Wildman–Crippen MR) is 102 cm³/mol. The van der Waals surface area contributed by atoms with Crippen molar-refractivity contribution in [3.8, 4) is 5.75 Å². The molecular formula is C18H15N3O6S. The molecule has 9 nitrogen and oxygen atoms in total. The number of hydrogen-bond donors (Lipinski definition) is 2. The quantitative estimate of drug-likeness (QED) is 0.275. The third-order valence-corrected chi connectivity index (χ3v) is 5.06. The maximum atomic E-state index is 11.6. The van der Waals surface area contributed by atoms with Crippen LogP contribution in [0.4, 0.5) is 17.1 Å². The summed E-state index contributed by atoms with van der Waals surface area (Å²) in [6.07, 6.45) is 0.347. The van der Waals surface area contributed by atoms with Crippen molar-refractivity contribution < 1.29 is 23.0 Å². The number of nitro groups is 1. The summed E-state index contributed by atoms with van der Waals surface area (Å²) in [5.41, 5.74) is 0.542. The highest BCUT2D eigenvalue weighted by molar-refractivity contribution is 7.86. The first-order chi connectivity index (χ1) is 13.2. The summed E-state index contributed by atoms with van der Waals surface area (Å²) < 4.78 is 32.6. The molecule has 0 fully saturated rings. The normalized spacial score (nSPS) is 11.9. The van der Waals surface area contributed by atoms with Crippen LogP contribution in [0.5, 0.6) is 5.75 Å². The zero-order chi connectivity index (χ0) is 20.5. The average Bonchev–Trinajstić information content (AvgIpc) is 2.65. The second-order valence-electron chi connectivity index (χ2n) is 5.85. The van der Waals surface area contributed by atoms with Crippen molar-refractivity contribution in [2.75, 3.05) is 0 Å². The van der Waals surface area contributed by atoms with Gasteiger partial charge in [-0.15, -0.1) is 10.2 Å². The van der Waals surface area contributed by atoms with E-state index in [-0.39, 0.29) is 27.8 Å². The molecule has 0 unspecified atom stereocenters. The van der Waals surface area contributed by atoms with E-state index in [1.165, 1.54) is 24.3 Å². The molecule has 0 heterocycles. The van der Waals surface area contributed by atoms with Gasteiger partial charge in [0.1, 0.15) is 16.3 Å². The Bertz CT molecular complexity index is 1220. The van der Waals surface area contributed by atoms with Crippen LogP contribution in [0, 0.1) is 10.1 Å². The Labute approximate surface area is 159 Å². The van der Waals surface area contributed by atoms with Crippen LogP contribution >= 0.6 is 0 Å². The van der Waals surface area contributed by atoms with Crippen molar-refractivity contribution in [1.82, 2.24) is 0 Å². The van der Waals surface area contributed by atoms with E-state index in [9.17, 15) is 28.2 Å². The molecule has 0 aliphatic carbocycles. The molecule has 0 atom stereocenters. The Morgan fingerprint density at radius 3 is 2.36 bits per heavy atom. The van der Waals surface area contributed by atoms with Crippen molar-refractivity contribution in [3.05, 3.63) is 64.2 Å². The highest BCUT2D eigenvalue weighted by Gasteiger charge is 2.20. The minimum Gasteiger partial charge on any atom is -0.506 e. The van der Waals surface area contributed by atoms with Gasteiger partial charge in [-0.3, -0.25) is 14.7 Å². The number of phenolic OH excluding ortho intramolecular Hbond substituents is 1. The van der Waals surface area contributed by atoms with Gasteiger partial charge >= 0.3 is 0 Å². The summed E-state index contributed by atoms with van der Waals surface area (Å²) in [7, 11) is -4.57. The largest absolute Gasteiger partial charge is 0.506 e. The SMILES string of the molecule is CCc1c(N=Nc2c(O)cc(S(=O)(=O)O)c3ccccc23)cccc1[N+](=O)[O-]. The van der Waals surface area contributed by atoms with Gasteiger partial charge < -0.3 is 5.11 Å². The maximum absolute atomic E-state index is 11.6. The van der Waals surface area contributed by atoms with E-state index in [1.54, 1.807) is 25.1 Å². The Balaban J connectivity index is 2.21. The molecule has 0 aromatic heterocycles. The fraction of sp³-hybridized carbons (Fsp3) is 0.111. The fourth-order valence-corrected chi connectivity index (χ4v) is 3.64. The van der Waals surface area contributed by atoms with Gasteiger partial charge in [0.25, 0.3) is 15.8 Å². The molecule has 3 rings (SSSR count). The van der Waals surface area contributed by atoms with Crippen LogP contribution < -0.4 is 0 Å². The van der Waals surface area contributed by atoms with Crippen LogP contribution in [0.2, 0.25) is 0 Å². The monoisotopic (exact) mass is 401 g/mol. The number of benzene rings is 3. The number of nitrogens with zero attached hydrogens (tertiary/aromatic N) is 3. The molecule has 2 N–H and O–H groups in total. The molecule has 0 aliphatic rings. The van der Waals surface area contributed by atoms with Gasteiger partial charge in [0, 0.05) is 22.9 Å². The van der Waals surface area contributed by atoms with Crippen molar-refractivity contribution in [3.63, 3.8) is 0 Å². The summed E-state index contributed by atoms with van der Waals surface area (Å²) >= 11 is 0. The summed E-state index contributed by atoms with van der Waals surface area (Å²) in [6.45, 7) is 1.75. The smallest absolute Gasteiger partial charge is 0.295 e. The van der Waals surface area contributed by atoms with Gasteiger partial charge in [-0.1, -0.05) is 37.3 Å². The molecule has 0 bridgehead atoms. The Morgan fingerprint density at radius 2 is 1.75 bits per heavy atom. The first-order valence-corrected chi connectivity index (χ1v) is 9.58. The minimum atomic E-state index is -4.57. The number of nitro benzene ring substituents is 1. The van der Waals surface area contributed by atoms with Crippen LogP contribution in [0.1, 0.15) is 12.5 Å². The Kier molecular flexibility index (Phi) is 5.08. The lowest BCUT2D eigenvalue weighted by Gasteiger charge is -2.09. The second-order valence-corrected chi connectivity index (χ2v) is 7.24. The summed E-state index contributed by atoms with van der Waals surface area (Å²) in [6, 6.07) is 11.5. The number of hydrogen-bond acceptors (Lipinski definition) is 7. The summed E-state index contributed by atoms with van der Waals surface area (Å²) in [5, 5.41) is 29.9. The predicted octanol–water partition coefficient (Wildman–Crippen LogP) is 4.68. The molecule has 0 saturated heterocycles. The number of aromatic hydroxyl groups is 1. The summed E-state index contributed by atoms with van der Waals surface area (Å²) in [5.74, 6) is -0.501. The van der Waals surface area contributed by atoms with Crippen molar-refractivity contribution in [2.24, 2.45) is 10.2 Å². The molecular weight excluding hydrogens is 386 g/mol. The first kappa shape index (κ1) is 19.4. The number of fused-ring (bicyclic) bond motifs is 1. The lowest BCUT2D eigenvalue weighted by atomic mass is 10.1. The van der Waals surface area contributed by atoms with Gasteiger partial charge in [-0.05, 0) is 12.5 Å². The molecule has 0 spiro atoms. The lowest BCUT2D eigenvalue weighted by Crippen LogP contribution is -1.99. The highest BCUT2D eigenvalue weighted by Crippen LogP contribution is 2.40. The standard InChI is InChI=1S/C18H15N3O6S/c1-2-11-14(8-5-9-15(11)21(23)24)19-20-18-13-7-4-3-6-12(13)17(10-16(18)22)28(25,26)27/h3-10,22H,2H2,1H3,(H,25,26,27). The number of rotatable bonds is 5. The average molecular weight is 401 g/mol. The zero-order valence-electron chi connectivity index (χ0n) is 14.6. The Hall–Kier alpha value is -3.37. The van der Waals surface area contributed by atoms with Crippen LogP contribution in [-0.2, 0) is 16.5 Å². The van der Waals surface area contributed by atoms with Crippen molar-refractivity contribution in [1.29, 1.82) is 0 Å². The van der Waals surface area contributed by atoms with E-state index in [2.05, 4.69) is 10.2 Å². The number of phenols is 1. The molecule has 0 radical (unpaired) electrons. The topological polar surface area (TPSA) is 142 Å². The molecule has 3 aromatic carbocycles. The molecule has 10 heteroatoms. The molecule has 0 amide bonds. The molecule has 3 aromatic rings. The molecule has 0 saturated carbocycles. The van der Waals surface area contributed by atoms with E-state index in [1.807, 2.05) is 0 Å². The molecule has 28 heavy (non-hydrogen) atoms. The third kappa shape index (κ3) is 3.55.